The third-order valence-electron chi connectivity index (χ3n) is 3.88. The van der Waals surface area contributed by atoms with E-state index < -0.39 is 29.4 Å². The van der Waals surface area contributed by atoms with E-state index in [2.05, 4.69) is 10.3 Å². The van der Waals surface area contributed by atoms with Gasteiger partial charge in [0.1, 0.15) is 11.3 Å². The number of benzene rings is 1. The fourth-order valence-corrected chi connectivity index (χ4v) is 2.75. The molecule has 1 aromatic carbocycles. The van der Waals surface area contributed by atoms with E-state index >= 15 is 0 Å². The molecule has 1 amide bonds. The summed E-state index contributed by atoms with van der Waals surface area (Å²) in [6, 6.07) is 4.24. The van der Waals surface area contributed by atoms with Crippen molar-refractivity contribution < 1.29 is 31.1 Å². The Morgan fingerprint density at radius 2 is 1.64 bits per heavy atom. The number of nitrogens with one attached hydrogen (secondary N) is 1. The fourth-order valence-electron chi connectivity index (χ4n) is 2.58. The van der Waals surface area contributed by atoms with Crippen LogP contribution in [0.5, 0.6) is 0 Å². The lowest BCUT2D eigenvalue weighted by Crippen LogP contribution is -2.17. The van der Waals surface area contributed by atoms with Crippen molar-refractivity contribution in [1.82, 2.24) is 9.38 Å². The van der Waals surface area contributed by atoms with Crippen LogP contribution in [-0.4, -0.2) is 15.3 Å². The van der Waals surface area contributed by atoms with Crippen LogP contribution in [0.3, 0.4) is 0 Å². The average Bonchev–Trinajstić information content (AvgIpc) is 2.89. The van der Waals surface area contributed by atoms with Crippen molar-refractivity contribution in [3.63, 3.8) is 0 Å². The Hall–Kier alpha value is -2.75. The van der Waals surface area contributed by atoms with E-state index in [1.807, 2.05) is 0 Å². The molecule has 0 saturated heterocycles. The highest BCUT2D eigenvalue weighted by Gasteiger charge is 2.33. The van der Waals surface area contributed by atoms with Gasteiger partial charge in [-0.15, -0.1) is 0 Å². The third kappa shape index (κ3) is 3.77. The number of imidazole rings is 1. The summed E-state index contributed by atoms with van der Waals surface area (Å²) < 4.78 is 78.4. The van der Waals surface area contributed by atoms with E-state index in [-0.39, 0.29) is 27.7 Å². The van der Waals surface area contributed by atoms with Crippen LogP contribution in [0.15, 0.2) is 36.5 Å². The number of carbonyl (C=O) groups excluding carboxylic acids is 1. The summed E-state index contributed by atoms with van der Waals surface area (Å²) in [4.78, 5) is 16.6. The SMILES string of the molecule is Cc1nc2ccc(C(F)(F)F)cn2c1C(=O)Nc1cc(C(F)(F)F)ccc1Cl. The van der Waals surface area contributed by atoms with Gasteiger partial charge in [-0.2, -0.15) is 26.3 Å². The zero-order valence-corrected chi connectivity index (χ0v) is 14.7. The molecule has 0 unspecified atom stereocenters. The molecule has 0 spiro atoms. The van der Waals surface area contributed by atoms with E-state index in [9.17, 15) is 31.1 Å². The van der Waals surface area contributed by atoms with Gasteiger partial charge >= 0.3 is 12.4 Å². The Labute approximate surface area is 158 Å². The molecule has 0 fully saturated rings. The highest BCUT2D eigenvalue weighted by Crippen LogP contribution is 2.34. The number of hydrogen-bond acceptors (Lipinski definition) is 2. The van der Waals surface area contributed by atoms with Gasteiger partial charge in [0.2, 0.25) is 0 Å². The van der Waals surface area contributed by atoms with Gasteiger partial charge in [0.05, 0.1) is 27.5 Å². The number of anilines is 1. The predicted octanol–water partition coefficient (Wildman–Crippen LogP) is 5.59. The Morgan fingerprint density at radius 1 is 1.04 bits per heavy atom. The number of pyridine rings is 1. The molecule has 3 aromatic rings. The predicted molar refractivity (Wildman–Crippen MR) is 89.3 cm³/mol. The number of alkyl halides is 6. The average molecular weight is 422 g/mol. The molecule has 0 bridgehead atoms. The maximum atomic E-state index is 13.0. The number of nitrogens with zero attached hydrogens (tertiary/aromatic N) is 2. The van der Waals surface area contributed by atoms with Crippen LogP contribution in [0.4, 0.5) is 32.0 Å². The maximum Gasteiger partial charge on any atom is 0.417 e. The van der Waals surface area contributed by atoms with Crippen molar-refractivity contribution in [3.8, 4) is 0 Å². The topological polar surface area (TPSA) is 46.4 Å². The molecule has 11 heteroatoms. The van der Waals surface area contributed by atoms with Crippen LogP contribution < -0.4 is 5.32 Å². The first-order chi connectivity index (χ1) is 12.9. The number of halogens is 7. The summed E-state index contributed by atoms with van der Waals surface area (Å²) in [5.41, 5.74) is -2.46. The van der Waals surface area contributed by atoms with Gasteiger partial charge in [0.15, 0.2) is 0 Å². The normalized spacial score (nSPS) is 12.4. The minimum absolute atomic E-state index is 0.0748. The number of amides is 1. The number of carbonyl (C=O) groups is 1. The van der Waals surface area contributed by atoms with Crippen molar-refractivity contribution in [2.24, 2.45) is 0 Å². The summed E-state index contributed by atoms with van der Waals surface area (Å²) in [7, 11) is 0. The highest BCUT2D eigenvalue weighted by molar-refractivity contribution is 6.34. The van der Waals surface area contributed by atoms with Gasteiger partial charge in [-0.25, -0.2) is 4.98 Å². The van der Waals surface area contributed by atoms with Crippen molar-refractivity contribution in [3.05, 3.63) is 64.1 Å². The third-order valence-corrected chi connectivity index (χ3v) is 4.21. The van der Waals surface area contributed by atoms with Crippen LogP contribution in [0.25, 0.3) is 5.65 Å². The maximum absolute atomic E-state index is 13.0. The van der Waals surface area contributed by atoms with E-state index in [1.54, 1.807) is 0 Å². The molecule has 0 atom stereocenters. The molecular formula is C17H10ClF6N3O. The largest absolute Gasteiger partial charge is 0.417 e. The van der Waals surface area contributed by atoms with Gasteiger partial charge in [-0.1, -0.05) is 11.6 Å². The zero-order chi connectivity index (χ0) is 20.9. The molecule has 148 valence electrons. The quantitative estimate of drug-likeness (QED) is 0.549. The first-order valence-electron chi connectivity index (χ1n) is 7.62. The molecule has 0 aliphatic rings. The monoisotopic (exact) mass is 421 g/mol. The number of aryl methyl sites for hydroxylation is 1. The summed E-state index contributed by atoms with van der Waals surface area (Å²) in [5.74, 6) is -0.953. The minimum Gasteiger partial charge on any atom is -0.319 e. The lowest BCUT2D eigenvalue weighted by atomic mass is 10.2. The Bertz CT molecular complexity index is 1070. The van der Waals surface area contributed by atoms with E-state index in [0.29, 0.717) is 12.3 Å². The zero-order valence-electron chi connectivity index (χ0n) is 13.9. The van der Waals surface area contributed by atoms with E-state index in [1.165, 1.54) is 6.92 Å². The molecule has 2 aromatic heterocycles. The number of aromatic nitrogens is 2. The molecular weight excluding hydrogens is 412 g/mol. The molecule has 3 rings (SSSR count). The Kier molecular flexibility index (Phi) is 4.78. The van der Waals surface area contributed by atoms with Gasteiger partial charge in [-0.3, -0.25) is 9.20 Å². The summed E-state index contributed by atoms with van der Waals surface area (Å²) in [6.07, 6.45) is -8.62. The standard InChI is InChI=1S/C17H10ClF6N3O/c1-8-14(27-7-10(17(22,23)24)3-5-13(27)25-8)15(28)26-12-6-9(16(19,20)21)2-4-11(12)18/h2-7H,1H3,(H,26,28). The molecule has 0 aliphatic carbocycles. The van der Waals surface area contributed by atoms with E-state index in [0.717, 1.165) is 28.7 Å². The Morgan fingerprint density at radius 3 is 2.25 bits per heavy atom. The van der Waals surface area contributed by atoms with Crippen molar-refractivity contribution >= 4 is 28.8 Å². The lowest BCUT2D eigenvalue weighted by molar-refractivity contribution is -0.138. The van der Waals surface area contributed by atoms with Crippen LogP contribution >= 0.6 is 11.6 Å². The van der Waals surface area contributed by atoms with Crippen molar-refractivity contribution in [1.29, 1.82) is 0 Å². The summed E-state index contributed by atoms with van der Waals surface area (Å²) in [6.45, 7) is 1.39. The van der Waals surface area contributed by atoms with Crippen LogP contribution in [0.1, 0.15) is 27.3 Å². The van der Waals surface area contributed by atoms with Crippen LogP contribution in [0.2, 0.25) is 5.02 Å². The minimum atomic E-state index is -4.66. The number of fused-ring (bicyclic) bond motifs is 1. The smallest absolute Gasteiger partial charge is 0.319 e. The molecule has 0 radical (unpaired) electrons. The molecule has 0 saturated carbocycles. The second-order valence-corrected chi connectivity index (χ2v) is 6.24. The summed E-state index contributed by atoms with van der Waals surface area (Å²) in [5, 5.41) is 2.04. The van der Waals surface area contributed by atoms with Gasteiger partial charge in [0, 0.05) is 6.20 Å². The number of hydrogen-bond donors (Lipinski definition) is 1. The van der Waals surface area contributed by atoms with Gasteiger partial charge in [0.25, 0.3) is 5.91 Å². The van der Waals surface area contributed by atoms with Crippen LogP contribution in [-0.2, 0) is 12.4 Å². The fraction of sp³-hybridized carbons (Fsp3) is 0.176. The lowest BCUT2D eigenvalue weighted by Gasteiger charge is -2.12. The van der Waals surface area contributed by atoms with E-state index in [4.69, 9.17) is 11.6 Å². The molecule has 4 nitrogen and oxygen atoms in total. The molecule has 2 heterocycles. The van der Waals surface area contributed by atoms with Crippen molar-refractivity contribution in [2.75, 3.05) is 5.32 Å². The highest BCUT2D eigenvalue weighted by atomic mass is 35.5. The first-order valence-corrected chi connectivity index (χ1v) is 7.99. The molecule has 0 aliphatic heterocycles. The number of rotatable bonds is 2. The van der Waals surface area contributed by atoms with Gasteiger partial charge < -0.3 is 5.32 Å². The molecule has 28 heavy (non-hydrogen) atoms. The first kappa shape index (κ1) is 20.0. The molecule has 1 N–H and O–H groups in total. The van der Waals surface area contributed by atoms with Gasteiger partial charge in [-0.05, 0) is 37.3 Å². The second kappa shape index (κ2) is 6.69. The Balaban J connectivity index is 2.04. The second-order valence-electron chi connectivity index (χ2n) is 5.84. The van der Waals surface area contributed by atoms with Crippen molar-refractivity contribution in [2.45, 2.75) is 19.3 Å². The summed E-state index contributed by atoms with van der Waals surface area (Å²) >= 11 is 5.84. The van der Waals surface area contributed by atoms with Crippen LogP contribution in [0, 0.1) is 6.92 Å².